The molecule has 39 heavy (non-hydrogen) atoms. The molecule has 0 N–H and O–H groups in total. The number of halogens is 3. The maximum Gasteiger partial charge on any atom is 0.311 e. The molecule has 3 aromatic carbocycles. The lowest BCUT2D eigenvalue weighted by Crippen LogP contribution is -2.46. The normalized spacial score (nSPS) is 17.2. The maximum atomic E-state index is 14.2. The van der Waals surface area contributed by atoms with Gasteiger partial charge in [0.25, 0.3) is 0 Å². The van der Waals surface area contributed by atoms with Gasteiger partial charge in [-0.25, -0.2) is 8.78 Å². The Hall–Kier alpha value is -3.46. The summed E-state index contributed by atoms with van der Waals surface area (Å²) in [7, 11) is 3.06. The summed E-state index contributed by atoms with van der Waals surface area (Å²) in [6.07, 6.45) is 0.799. The highest BCUT2D eigenvalue weighted by Gasteiger charge is 2.42. The number of hydrogen-bond acceptors (Lipinski definition) is 5. The molecular formula is C30H30BrF2NO5. The van der Waals surface area contributed by atoms with Crippen molar-refractivity contribution in [3.63, 3.8) is 0 Å². The summed E-state index contributed by atoms with van der Waals surface area (Å²) in [5.41, 5.74) is 2.36. The van der Waals surface area contributed by atoms with Crippen LogP contribution in [0.3, 0.4) is 0 Å². The molecule has 1 aliphatic rings. The molecule has 0 saturated carbocycles. The van der Waals surface area contributed by atoms with E-state index in [9.17, 15) is 18.4 Å². The smallest absolute Gasteiger partial charge is 0.311 e. The number of methoxy groups -OCH3 is 2. The number of esters is 1. The summed E-state index contributed by atoms with van der Waals surface area (Å²) < 4.78 is 45.1. The van der Waals surface area contributed by atoms with Crippen molar-refractivity contribution in [2.24, 2.45) is 5.92 Å². The van der Waals surface area contributed by atoms with E-state index in [1.165, 1.54) is 26.4 Å². The second-order valence-corrected chi connectivity index (χ2v) is 10.3. The molecule has 0 bridgehead atoms. The Kier molecular flexibility index (Phi) is 9.22. The van der Waals surface area contributed by atoms with E-state index in [1.54, 1.807) is 17.0 Å². The number of amides is 1. The fourth-order valence-electron chi connectivity index (χ4n) is 4.91. The summed E-state index contributed by atoms with van der Waals surface area (Å²) in [5.74, 6) is -1.55. The van der Waals surface area contributed by atoms with Crippen molar-refractivity contribution in [3.8, 4) is 11.5 Å². The van der Waals surface area contributed by atoms with Gasteiger partial charge in [0, 0.05) is 22.1 Å². The molecule has 1 amide bonds. The Balaban J connectivity index is 1.58. The molecule has 0 aromatic heterocycles. The van der Waals surface area contributed by atoms with Crippen LogP contribution in [0.25, 0.3) is 0 Å². The lowest BCUT2D eigenvalue weighted by atomic mass is 9.83. The summed E-state index contributed by atoms with van der Waals surface area (Å²) in [6.45, 7) is 1.95. The minimum Gasteiger partial charge on any atom is -0.493 e. The fraction of sp³-hybridized carbons (Fsp3) is 0.333. The zero-order valence-corrected chi connectivity index (χ0v) is 23.6. The first-order valence-electron chi connectivity index (χ1n) is 12.6. The van der Waals surface area contributed by atoms with E-state index in [-0.39, 0.29) is 37.3 Å². The quantitative estimate of drug-likeness (QED) is 0.201. The Bertz CT molecular complexity index is 1320. The molecule has 4 rings (SSSR count). The van der Waals surface area contributed by atoms with Crippen LogP contribution in [0.1, 0.15) is 42.0 Å². The van der Waals surface area contributed by atoms with Crippen LogP contribution in [-0.4, -0.2) is 32.7 Å². The van der Waals surface area contributed by atoms with E-state index in [0.717, 1.165) is 5.56 Å². The van der Waals surface area contributed by atoms with E-state index in [0.29, 0.717) is 33.6 Å². The minimum atomic E-state index is -0.664. The second-order valence-electron chi connectivity index (χ2n) is 9.42. The highest BCUT2D eigenvalue weighted by Crippen LogP contribution is 2.43. The highest BCUT2D eigenvalue weighted by molar-refractivity contribution is 9.10. The number of rotatable bonds is 9. The lowest BCUT2D eigenvalue weighted by molar-refractivity contribution is -0.151. The van der Waals surface area contributed by atoms with Crippen LogP contribution in [-0.2, 0) is 20.7 Å². The average molecular weight is 602 g/mol. The topological polar surface area (TPSA) is 65.1 Å². The van der Waals surface area contributed by atoms with E-state index >= 15 is 0 Å². The molecule has 1 fully saturated rings. The number of piperidine rings is 1. The van der Waals surface area contributed by atoms with Crippen molar-refractivity contribution in [1.82, 2.24) is 0 Å². The molecule has 9 heteroatoms. The molecule has 0 spiro atoms. The minimum absolute atomic E-state index is 0.0125. The van der Waals surface area contributed by atoms with Crippen molar-refractivity contribution in [1.29, 1.82) is 0 Å². The monoisotopic (exact) mass is 601 g/mol. The number of benzene rings is 3. The Labute approximate surface area is 235 Å². The zero-order valence-electron chi connectivity index (χ0n) is 22.0. The average Bonchev–Trinajstić information content (AvgIpc) is 2.92. The lowest BCUT2D eigenvalue weighted by Gasteiger charge is -2.40. The molecule has 0 radical (unpaired) electrons. The summed E-state index contributed by atoms with van der Waals surface area (Å²) in [6, 6.07) is 14.6. The molecule has 2 atom stereocenters. The molecule has 2 unspecified atom stereocenters. The SMILES string of the molecule is COc1ccc(C2C(C(=O)OCCCc3c(F)cc(Br)cc3F)CCC(=O)N2c2ccc(C)cc2)cc1OC. The number of hydrogen-bond donors (Lipinski definition) is 0. The van der Waals surface area contributed by atoms with E-state index in [4.69, 9.17) is 14.2 Å². The first-order valence-corrected chi connectivity index (χ1v) is 13.4. The van der Waals surface area contributed by atoms with Crippen LogP contribution in [0.5, 0.6) is 11.5 Å². The van der Waals surface area contributed by atoms with Gasteiger partial charge in [-0.15, -0.1) is 0 Å². The predicted molar refractivity (Wildman–Crippen MR) is 147 cm³/mol. The van der Waals surface area contributed by atoms with Crippen LogP contribution in [0.15, 0.2) is 59.1 Å². The van der Waals surface area contributed by atoms with Gasteiger partial charge in [0.05, 0.1) is 32.8 Å². The molecule has 0 aliphatic carbocycles. The number of ether oxygens (including phenoxy) is 3. The summed E-state index contributed by atoms with van der Waals surface area (Å²) in [5, 5.41) is 0. The van der Waals surface area contributed by atoms with E-state index < -0.39 is 29.6 Å². The van der Waals surface area contributed by atoms with Crippen molar-refractivity contribution in [3.05, 3.63) is 87.4 Å². The van der Waals surface area contributed by atoms with Gasteiger partial charge in [0.1, 0.15) is 11.6 Å². The number of carbonyl (C=O) groups is 2. The highest BCUT2D eigenvalue weighted by atomic mass is 79.9. The first kappa shape index (κ1) is 28.5. The van der Waals surface area contributed by atoms with Gasteiger partial charge >= 0.3 is 5.97 Å². The number of anilines is 1. The Morgan fingerprint density at radius 3 is 2.31 bits per heavy atom. The molecule has 1 saturated heterocycles. The van der Waals surface area contributed by atoms with Crippen molar-refractivity contribution in [2.45, 2.75) is 38.6 Å². The summed E-state index contributed by atoms with van der Waals surface area (Å²) >= 11 is 3.07. The Morgan fingerprint density at radius 1 is 1.00 bits per heavy atom. The predicted octanol–water partition coefficient (Wildman–Crippen LogP) is 6.71. The molecule has 206 valence electrons. The standard InChI is InChI=1S/C30H30BrF2NO5/c1-18-6-9-21(10-7-18)34-28(35)13-11-23(29(34)19-8-12-26(37-2)27(15-19)38-3)30(36)39-14-4-5-22-24(32)16-20(31)17-25(22)33/h6-10,12,15-17,23,29H,4-5,11,13-14H2,1-3H3. The number of nitrogens with zero attached hydrogens (tertiary/aromatic N) is 1. The van der Waals surface area contributed by atoms with Gasteiger partial charge in [-0.2, -0.15) is 0 Å². The van der Waals surface area contributed by atoms with Crippen molar-refractivity contribution in [2.75, 3.05) is 25.7 Å². The first-order chi connectivity index (χ1) is 18.7. The third-order valence-corrected chi connectivity index (χ3v) is 7.34. The summed E-state index contributed by atoms with van der Waals surface area (Å²) in [4.78, 5) is 28.3. The van der Waals surface area contributed by atoms with E-state index in [2.05, 4.69) is 15.9 Å². The van der Waals surface area contributed by atoms with Crippen molar-refractivity contribution < 1.29 is 32.6 Å². The third-order valence-electron chi connectivity index (χ3n) is 6.88. The van der Waals surface area contributed by atoms with Gasteiger partial charge < -0.3 is 19.1 Å². The molecule has 1 aliphatic heterocycles. The van der Waals surface area contributed by atoms with Gasteiger partial charge in [0.2, 0.25) is 5.91 Å². The van der Waals surface area contributed by atoms with Gasteiger partial charge in [-0.05, 0) is 68.1 Å². The van der Waals surface area contributed by atoms with Gasteiger partial charge in [-0.3, -0.25) is 9.59 Å². The van der Waals surface area contributed by atoms with Crippen LogP contribution in [0.2, 0.25) is 0 Å². The van der Waals surface area contributed by atoms with Crippen molar-refractivity contribution >= 4 is 33.5 Å². The third kappa shape index (κ3) is 6.41. The molecular weight excluding hydrogens is 572 g/mol. The fourth-order valence-corrected chi connectivity index (χ4v) is 5.31. The molecule has 6 nitrogen and oxygen atoms in total. The zero-order chi connectivity index (χ0) is 28.1. The van der Waals surface area contributed by atoms with Crippen LogP contribution in [0, 0.1) is 24.5 Å². The van der Waals surface area contributed by atoms with Crippen LogP contribution in [0.4, 0.5) is 14.5 Å². The number of carbonyl (C=O) groups excluding carboxylic acids is 2. The Morgan fingerprint density at radius 2 is 1.67 bits per heavy atom. The number of aryl methyl sites for hydroxylation is 1. The van der Waals surface area contributed by atoms with Gasteiger partial charge in [-0.1, -0.05) is 39.7 Å². The van der Waals surface area contributed by atoms with Gasteiger partial charge in [0.15, 0.2) is 11.5 Å². The molecule has 1 heterocycles. The van der Waals surface area contributed by atoms with Crippen LogP contribution < -0.4 is 14.4 Å². The largest absolute Gasteiger partial charge is 0.493 e. The van der Waals surface area contributed by atoms with E-state index in [1.807, 2.05) is 37.3 Å². The second kappa shape index (κ2) is 12.6. The molecule has 3 aromatic rings. The van der Waals surface area contributed by atoms with Crippen LogP contribution >= 0.6 is 15.9 Å². The maximum absolute atomic E-state index is 14.2.